The number of ether oxygens (including phenoxy) is 1. The first-order valence-electron chi connectivity index (χ1n) is 4.25. The van der Waals surface area contributed by atoms with Crippen molar-refractivity contribution in [1.82, 2.24) is 9.97 Å². The molecule has 0 amide bonds. The number of benzene rings is 1. The van der Waals surface area contributed by atoms with Crippen molar-refractivity contribution < 1.29 is 9.13 Å². The Balaban J connectivity index is 2.25. The van der Waals surface area contributed by atoms with Crippen molar-refractivity contribution in [3.8, 4) is 11.8 Å². The molecule has 1 aromatic heterocycles. The van der Waals surface area contributed by atoms with Crippen molar-refractivity contribution >= 4 is 5.69 Å². The molecule has 0 bridgehead atoms. The maximum Gasteiger partial charge on any atom is 0.321 e. The van der Waals surface area contributed by atoms with Crippen LogP contribution in [-0.4, -0.2) is 9.97 Å². The van der Waals surface area contributed by atoms with Crippen LogP contribution in [0.4, 0.5) is 10.1 Å². The Morgan fingerprint density at radius 1 is 1.20 bits per heavy atom. The standard InChI is InChI=1S/C10H8FN3O/c11-8-6-7(12)2-3-9(8)15-10-13-4-1-5-14-10/h1-6H,12H2. The summed E-state index contributed by atoms with van der Waals surface area (Å²) in [6.07, 6.45) is 3.02. The van der Waals surface area contributed by atoms with Gasteiger partial charge in [0, 0.05) is 24.1 Å². The maximum absolute atomic E-state index is 13.3. The van der Waals surface area contributed by atoms with Gasteiger partial charge in [0.05, 0.1) is 0 Å². The summed E-state index contributed by atoms with van der Waals surface area (Å²) in [6, 6.07) is 5.90. The van der Waals surface area contributed by atoms with Crippen LogP contribution in [0.3, 0.4) is 0 Å². The van der Waals surface area contributed by atoms with E-state index in [2.05, 4.69) is 9.97 Å². The molecule has 0 atom stereocenters. The van der Waals surface area contributed by atoms with Gasteiger partial charge in [-0.05, 0) is 18.2 Å². The molecule has 0 unspecified atom stereocenters. The van der Waals surface area contributed by atoms with Crippen molar-refractivity contribution in [2.24, 2.45) is 0 Å². The highest BCUT2D eigenvalue weighted by molar-refractivity contribution is 5.43. The molecule has 0 radical (unpaired) electrons. The smallest absolute Gasteiger partial charge is 0.321 e. The van der Waals surface area contributed by atoms with Crippen LogP contribution in [0.5, 0.6) is 11.8 Å². The normalized spacial score (nSPS) is 9.93. The van der Waals surface area contributed by atoms with Gasteiger partial charge in [-0.3, -0.25) is 0 Å². The Hall–Kier alpha value is -2.17. The van der Waals surface area contributed by atoms with Crippen LogP contribution in [0.1, 0.15) is 0 Å². The first kappa shape index (κ1) is 9.39. The van der Waals surface area contributed by atoms with E-state index in [4.69, 9.17) is 10.5 Å². The van der Waals surface area contributed by atoms with Gasteiger partial charge in [0.25, 0.3) is 0 Å². The third kappa shape index (κ3) is 2.19. The third-order valence-electron chi connectivity index (χ3n) is 1.70. The van der Waals surface area contributed by atoms with Gasteiger partial charge >= 0.3 is 6.01 Å². The van der Waals surface area contributed by atoms with Crippen molar-refractivity contribution in [2.75, 3.05) is 5.73 Å². The number of anilines is 1. The fraction of sp³-hybridized carbons (Fsp3) is 0. The summed E-state index contributed by atoms with van der Waals surface area (Å²) in [4.78, 5) is 7.61. The number of hydrogen-bond acceptors (Lipinski definition) is 4. The molecule has 2 aromatic rings. The summed E-state index contributed by atoms with van der Waals surface area (Å²) < 4.78 is 18.4. The Labute approximate surface area is 85.5 Å². The van der Waals surface area contributed by atoms with Gasteiger partial charge in [-0.25, -0.2) is 14.4 Å². The number of nitrogens with two attached hydrogens (primary N) is 1. The fourth-order valence-corrected chi connectivity index (χ4v) is 1.04. The second-order valence-electron chi connectivity index (χ2n) is 2.82. The van der Waals surface area contributed by atoms with Gasteiger partial charge in [-0.15, -0.1) is 0 Å². The average Bonchev–Trinajstić information content (AvgIpc) is 2.24. The molecule has 4 nitrogen and oxygen atoms in total. The molecule has 0 fully saturated rings. The minimum atomic E-state index is -0.539. The highest BCUT2D eigenvalue weighted by atomic mass is 19.1. The Morgan fingerprint density at radius 3 is 2.60 bits per heavy atom. The number of nitrogen functional groups attached to an aromatic ring is 1. The van der Waals surface area contributed by atoms with E-state index in [1.807, 2.05) is 0 Å². The van der Waals surface area contributed by atoms with Crippen LogP contribution in [0, 0.1) is 5.82 Å². The number of aromatic nitrogens is 2. The van der Waals surface area contributed by atoms with E-state index in [9.17, 15) is 4.39 Å². The van der Waals surface area contributed by atoms with Gasteiger partial charge in [0.1, 0.15) is 0 Å². The molecule has 0 aliphatic heterocycles. The largest absolute Gasteiger partial charge is 0.421 e. The molecule has 15 heavy (non-hydrogen) atoms. The number of halogens is 1. The summed E-state index contributed by atoms with van der Waals surface area (Å²) in [7, 11) is 0. The van der Waals surface area contributed by atoms with Crippen LogP contribution in [0.15, 0.2) is 36.7 Å². The summed E-state index contributed by atoms with van der Waals surface area (Å²) in [6.45, 7) is 0. The van der Waals surface area contributed by atoms with Gasteiger partial charge in [0.15, 0.2) is 11.6 Å². The number of rotatable bonds is 2. The lowest BCUT2D eigenvalue weighted by Gasteiger charge is -2.04. The zero-order chi connectivity index (χ0) is 10.7. The SMILES string of the molecule is Nc1ccc(Oc2ncccn2)c(F)c1. The van der Waals surface area contributed by atoms with E-state index in [0.29, 0.717) is 5.69 Å². The second kappa shape index (κ2) is 3.91. The van der Waals surface area contributed by atoms with Gasteiger partial charge < -0.3 is 10.5 Å². The van der Waals surface area contributed by atoms with E-state index in [1.165, 1.54) is 24.5 Å². The summed E-state index contributed by atoms with van der Waals surface area (Å²) in [5.74, 6) is -0.488. The predicted octanol–water partition coefficient (Wildman–Crippen LogP) is 1.99. The Kier molecular flexibility index (Phi) is 2.45. The first-order valence-corrected chi connectivity index (χ1v) is 4.25. The fourth-order valence-electron chi connectivity index (χ4n) is 1.04. The van der Waals surface area contributed by atoms with Crippen molar-refractivity contribution in [3.63, 3.8) is 0 Å². The molecule has 76 valence electrons. The van der Waals surface area contributed by atoms with Crippen LogP contribution >= 0.6 is 0 Å². The quantitative estimate of drug-likeness (QED) is 0.761. The van der Waals surface area contributed by atoms with Crippen LogP contribution < -0.4 is 10.5 Å². The minimum Gasteiger partial charge on any atom is -0.421 e. The van der Waals surface area contributed by atoms with Gasteiger partial charge in [0.2, 0.25) is 0 Å². The van der Waals surface area contributed by atoms with Gasteiger partial charge in [-0.1, -0.05) is 0 Å². The molecule has 1 aromatic carbocycles. The van der Waals surface area contributed by atoms with E-state index in [-0.39, 0.29) is 11.8 Å². The molecule has 5 heteroatoms. The molecular weight excluding hydrogens is 197 g/mol. The lowest BCUT2D eigenvalue weighted by atomic mass is 10.3. The minimum absolute atomic E-state index is 0.0513. The molecular formula is C10H8FN3O. The second-order valence-corrected chi connectivity index (χ2v) is 2.82. The summed E-state index contributed by atoms with van der Waals surface area (Å²) in [5.41, 5.74) is 5.74. The number of hydrogen-bond donors (Lipinski definition) is 1. The summed E-state index contributed by atoms with van der Waals surface area (Å²) in [5, 5.41) is 0. The third-order valence-corrected chi connectivity index (χ3v) is 1.70. The van der Waals surface area contributed by atoms with E-state index >= 15 is 0 Å². The van der Waals surface area contributed by atoms with Crippen molar-refractivity contribution in [3.05, 3.63) is 42.5 Å². The van der Waals surface area contributed by atoms with E-state index < -0.39 is 5.82 Å². The Bertz CT molecular complexity index is 461. The van der Waals surface area contributed by atoms with E-state index in [1.54, 1.807) is 12.1 Å². The van der Waals surface area contributed by atoms with Crippen molar-refractivity contribution in [1.29, 1.82) is 0 Å². The zero-order valence-corrected chi connectivity index (χ0v) is 7.72. The average molecular weight is 205 g/mol. The zero-order valence-electron chi connectivity index (χ0n) is 7.72. The first-order chi connectivity index (χ1) is 7.25. The van der Waals surface area contributed by atoms with E-state index in [0.717, 1.165) is 0 Å². The monoisotopic (exact) mass is 205 g/mol. The molecule has 0 saturated heterocycles. The number of nitrogens with zero attached hydrogens (tertiary/aromatic N) is 2. The van der Waals surface area contributed by atoms with Crippen LogP contribution in [0.25, 0.3) is 0 Å². The molecule has 2 rings (SSSR count). The van der Waals surface area contributed by atoms with Crippen molar-refractivity contribution in [2.45, 2.75) is 0 Å². The topological polar surface area (TPSA) is 61.0 Å². The molecule has 0 spiro atoms. The lowest BCUT2D eigenvalue weighted by Crippen LogP contribution is -1.94. The molecule has 0 aliphatic carbocycles. The molecule has 0 saturated carbocycles. The Morgan fingerprint density at radius 2 is 1.93 bits per heavy atom. The molecule has 0 aliphatic rings. The predicted molar refractivity (Wildman–Crippen MR) is 52.9 cm³/mol. The van der Waals surface area contributed by atoms with Crippen LogP contribution in [-0.2, 0) is 0 Å². The molecule has 1 heterocycles. The van der Waals surface area contributed by atoms with Crippen LogP contribution in [0.2, 0.25) is 0 Å². The highest BCUT2D eigenvalue weighted by Crippen LogP contribution is 2.22. The highest BCUT2D eigenvalue weighted by Gasteiger charge is 2.05. The molecule has 2 N–H and O–H groups in total. The summed E-state index contributed by atoms with van der Waals surface area (Å²) >= 11 is 0. The maximum atomic E-state index is 13.3. The lowest BCUT2D eigenvalue weighted by molar-refractivity contribution is 0.411. The van der Waals surface area contributed by atoms with Gasteiger partial charge in [-0.2, -0.15) is 0 Å².